The van der Waals surface area contributed by atoms with E-state index in [1.807, 2.05) is 24.5 Å². The van der Waals surface area contributed by atoms with E-state index in [0.717, 1.165) is 61.5 Å². The van der Waals surface area contributed by atoms with Gasteiger partial charge in [0, 0.05) is 51.2 Å². The minimum Gasteiger partial charge on any atom is -0.310 e. The van der Waals surface area contributed by atoms with Crippen molar-refractivity contribution in [3.8, 4) is 33.6 Å². The number of nitrogens with zero attached hydrogens (tertiary/aromatic N) is 3. The molecule has 0 saturated heterocycles. The van der Waals surface area contributed by atoms with E-state index in [2.05, 4.69) is 157 Å². The number of rotatable bonds is 6. The zero-order valence-electron chi connectivity index (χ0n) is 24.6. The molecule has 0 aliphatic heterocycles. The maximum Gasteiger partial charge on any atom is 0.0709 e. The van der Waals surface area contributed by atoms with Gasteiger partial charge in [-0.15, -0.1) is 0 Å². The van der Waals surface area contributed by atoms with Crippen molar-refractivity contribution < 1.29 is 0 Å². The van der Waals surface area contributed by atoms with Crippen molar-refractivity contribution in [2.75, 3.05) is 4.90 Å². The van der Waals surface area contributed by atoms with Gasteiger partial charge in [0.05, 0.1) is 17.1 Å². The Balaban J connectivity index is 1.30. The van der Waals surface area contributed by atoms with Gasteiger partial charge in [0.15, 0.2) is 0 Å². The zero-order chi connectivity index (χ0) is 30.0. The maximum atomic E-state index is 4.84. The number of pyridine rings is 2. The lowest BCUT2D eigenvalue weighted by Crippen LogP contribution is -2.11. The molecular formula is C42H29N3. The fourth-order valence-corrected chi connectivity index (χ4v) is 6.05. The van der Waals surface area contributed by atoms with Crippen LogP contribution in [0.2, 0.25) is 0 Å². The third kappa shape index (κ3) is 5.21. The number of benzene rings is 6. The van der Waals surface area contributed by atoms with Gasteiger partial charge in [-0.05, 0) is 58.8 Å². The Morgan fingerprint density at radius 2 is 0.822 bits per heavy atom. The molecule has 0 aliphatic carbocycles. The van der Waals surface area contributed by atoms with Crippen LogP contribution in [0.25, 0.3) is 55.2 Å². The number of aromatic nitrogens is 2. The molecule has 0 atom stereocenters. The molecule has 3 nitrogen and oxygen atoms in total. The lowest BCUT2D eigenvalue weighted by Gasteiger charge is -2.28. The Hall–Kier alpha value is -6.06. The number of anilines is 3. The van der Waals surface area contributed by atoms with Gasteiger partial charge in [0.25, 0.3) is 0 Å². The van der Waals surface area contributed by atoms with Crippen LogP contribution in [0.4, 0.5) is 17.1 Å². The summed E-state index contributed by atoms with van der Waals surface area (Å²) < 4.78 is 0. The SMILES string of the molecule is c1ccc(-c2ccccc2N(c2cccc(-c3cc4ccccc4cn3)c2)c2cccc(-c3cc4ccccc4cn3)c2)cc1. The summed E-state index contributed by atoms with van der Waals surface area (Å²) in [7, 11) is 0. The smallest absolute Gasteiger partial charge is 0.0709 e. The molecule has 0 unspecified atom stereocenters. The Labute approximate surface area is 262 Å². The second-order valence-corrected chi connectivity index (χ2v) is 11.2. The minimum absolute atomic E-state index is 0.945. The predicted molar refractivity (Wildman–Crippen MR) is 188 cm³/mol. The van der Waals surface area contributed by atoms with Crippen LogP contribution in [-0.2, 0) is 0 Å². The first-order valence-corrected chi connectivity index (χ1v) is 15.2. The molecule has 8 aromatic rings. The largest absolute Gasteiger partial charge is 0.310 e. The molecule has 212 valence electrons. The van der Waals surface area contributed by atoms with Gasteiger partial charge >= 0.3 is 0 Å². The Bertz CT molecular complexity index is 2170. The summed E-state index contributed by atoms with van der Waals surface area (Å²) in [6.07, 6.45) is 3.92. The lowest BCUT2D eigenvalue weighted by atomic mass is 10.0. The lowest BCUT2D eigenvalue weighted by molar-refractivity contribution is 1.27. The van der Waals surface area contributed by atoms with Crippen LogP contribution < -0.4 is 4.90 Å². The molecule has 2 heterocycles. The van der Waals surface area contributed by atoms with Crippen molar-refractivity contribution in [3.05, 3.63) is 176 Å². The molecule has 0 spiro atoms. The fourth-order valence-electron chi connectivity index (χ4n) is 6.05. The van der Waals surface area contributed by atoms with E-state index in [0.29, 0.717) is 0 Å². The predicted octanol–water partition coefficient (Wildman–Crippen LogP) is 11.3. The van der Waals surface area contributed by atoms with Crippen molar-refractivity contribution >= 4 is 38.6 Å². The van der Waals surface area contributed by atoms with Crippen LogP contribution in [-0.4, -0.2) is 9.97 Å². The first-order valence-electron chi connectivity index (χ1n) is 15.2. The van der Waals surface area contributed by atoms with E-state index in [1.165, 1.54) is 10.8 Å². The van der Waals surface area contributed by atoms with Crippen molar-refractivity contribution in [1.29, 1.82) is 0 Å². The first kappa shape index (κ1) is 26.6. The topological polar surface area (TPSA) is 29.0 Å². The summed E-state index contributed by atoms with van der Waals surface area (Å²) in [4.78, 5) is 12.0. The van der Waals surface area contributed by atoms with Gasteiger partial charge in [-0.3, -0.25) is 9.97 Å². The molecule has 0 amide bonds. The third-order valence-electron chi connectivity index (χ3n) is 8.29. The summed E-state index contributed by atoms with van der Waals surface area (Å²) in [6, 6.07) is 57.6. The van der Waals surface area contributed by atoms with Crippen molar-refractivity contribution in [2.24, 2.45) is 0 Å². The van der Waals surface area contributed by atoms with E-state index in [-0.39, 0.29) is 0 Å². The van der Waals surface area contributed by atoms with Crippen LogP contribution in [0.1, 0.15) is 0 Å². The average Bonchev–Trinajstić information content (AvgIpc) is 3.12. The molecule has 6 aromatic carbocycles. The minimum atomic E-state index is 0.945. The summed E-state index contributed by atoms with van der Waals surface area (Å²) in [6.45, 7) is 0. The number of para-hydroxylation sites is 1. The van der Waals surface area contributed by atoms with Crippen LogP contribution in [0.3, 0.4) is 0 Å². The molecule has 3 heteroatoms. The van der Waals surface area contributed by atoms with Crippen LogP contribution in [0, 0.1) is 0 Å². The highest BCUT2D eigenvalue weighted by atomic mass is 15.1. The number of hydrogen-bond donors (Lipinski definition) is 0. The normalized spacial score (nSPS) is 11.1. The standard InChI is InChI=1S/C42H29N3/c1-2-12-30(13-3-1)39-22-8-9-23-42(39)45(37-20-10-18-33(24-37)40-26-31-14-4-6-16-35(31)28-43-40)38-21-11-19-34(25-38)41-27-32-15-5-7-17-36(32)29-44-41/h1-29H. The van der Waals surface area contributed by atoms with Gasteiger partial charge < -0.3 is 4.90 Å². The van der Waals surface area contributed by atoms with Gasteiger partial charge in [-0.2, -0.15) is 0 Å². The third-order valence-corrected chi connectivity index (χ3v) is 8.29. The van der Waals surface area contributed by atoms with Crippen molar-refractivity contribution in [1.82, 2.24) is 9.97 Å². The summed E-state index contributed by atoms with van der Waals surface area (Å²) >= 11 is 0. The number of hydrogen-bond acceptors (Lipinski definition) is 3. The van der Waals surface area contributed by atoms with E-state index >= 15 is 0 Å². The molecule has 0 aliphatic rings. The van der Waals surface area contributed by atoms with E-state index < -0.39 is 0 Å². The first-order chi connectivity index (χ1) is 22.3. The van der Waals surface area contributed by atoms with E-state index in [9.17, 15) is 0 Å². The molecule has 2 aromatic heterocycles. The summed E-state index contributed by atoms with van der Waals surface area (Å²) in [5, 5.41) is 4.62. The Morgan fingerprint density at radius 1 is 0.356 bits per heavy atom. The molecule has 0 bridgehead atoms. The molecule has 0 fully saturated rings. The number of fused-ring (bicyclic) bond motifs is 2. The van der Waals surface area contributed by atoms with Crippen LogP contribution >= 0.6 is 0 Å². The molecule has 0 radical (unpaired) electrons. The highest BCUT2D eigenvalue weighted by molar-refractivity contribution is 5.91. The molecule has 45 heavy (non-hydrogen) atoms. The van der Waals surface area contributed by atoms with Gasteiger partial charge in [-0.25, -0.2) is 0 Å². The highest BCUT2D eigenvalue weighted by Crippen LogP contribution is 2.42. The van der Waals surface area contributed by atoms with E-state index in [1.54, 1.807) is 0 Å². The second-order valence-electron chi connectivity index (χ2n) is 11.2. The average molecular weight is 576 g/mol. The van der Waals surface area contributed by atoms with Gasteiger partial charge in [-0.1, -0.05) is 121 Å². The van der Waals surface area contributed by atoms with Crippen LogP contribution in [0.15, 0.2) is 176 Å². The van der Waals surface area contributed by atoms with Gasteiger partial charge in [0.1, 0.15) is 0 Å². The summed E-state index contributed by atoms with van der Waals surface area (Å²) in [5.74, 6) is 0. The zero-order valence-corrected chi connectivity index (χ0v) is 24.6. The van der Waals surface area contributed by atoms with Gasteiger partial charge in [0.2, 0.25) is 0 Å². The van der Waals surface area contributed by atoms with E-state index in [4.69, 9.17) is 9.97 Å². The fraction of sp³-hybridized carbons (Fsp3) is 0. The van der Waals surface area contributed by atoms with Crippen LogP contribution in [0.5, 0.6) is 0 Å². The Kier molecular flexibility index (Phi) is 6.82. The molecule has 0 N–H and O–H groups in total. The maximum absolute atomic E-state index is 4.84. The van der Waals surface area contributed by atoms with Crippen molar-refractivity contribution in [3.63, 3.8) is 0 Å². The van der Waals surface area contributed by atoms with Crippen molar-refractivity contribution in [2.45, 2.75) is 0 Å². The Morgan fingerprint density at radius 3 is 1.40 bits per heavy atom. The monoisotopic (exact) mass is 575 g/mol. The highest BCUT2D eigenvalue weighted by Gasteiger charge is 2.18. The molecule has 0 saturated carbocycles. The summed E-state index contributed by atoms with van der Waals surface area (Å²) in [5.41, 5.74) is 9.53. The molecule has 8 rings (SSSR count). The quantitative estimate of drug-likeness (QED) is 0.197. The molecular weight excluding hydrogens is 546 g/mol. The second kappa shape index (κ2) is 11.6.